The highest BCUT2D eigenvalue weighted by atomic mass is 16.3. The molecule has 2 nitrogen and oxygen atoms in total. The van der Waals surface area contributed by atoms with E-state index >= 15 is 0 Å². The van der Waals surface area contributed by atoms with E-state index in [2.05, 4.69) is 13.2 Å². The van der Waals surface area contributed by atoms with Gasteiger partial charge >= 0.3 is 0 Å². The Labute approximate surface area is 68.2 Å². The van der Waals surface area contributed by atoms with Gasteiger partial charge in [-0.2, -0.15) is 0 Å². The van der Waals surface area contributed by atoms with Gasteiger partial charge in [0.05, 0.1) is 6.61 Å². The molecule has 0 radical (unpaired) electrons. The molecule has 2 N–H and O–H groups in total. The molecule has 2 heteroatoms. The second kappa shape index (κ2) is 8.98. The second-order valence-corrected chi connectivity index (χ2v) is 1.48. The molecule has 0 amide bonds. The van der Waals surface area contributed by atoms with E-state index in [9.17, 15) is 0 Å². The third-order valence-electron chi connectivity index (χ3n) is 0.939. The van der Waals surface area contributed by atoms with Crippen LogP contribution in [0.15, 0.2) is 36.6 Å². The van der Waals surface area contributed by atoms with Gasteiger partial charge in [-0.05, 0) is 6.08 Å². The standard InChI is InChI=1S/C7H10O2.C2H6/c1-3-6(5-8)7(9)4-2;1-2/h3-4,8-9H,1-2,5H2;1-2H3/b7-6-;. The molecule has 0 saturated heterocycles. The molecule has 0 aromatic rings. The lowest BCUT2D eigenvalue weighted by atomic mass is 10.2. The minimum Gasteiger partial charge on any atom is -0.508 e. The summed E-state index contributed by atoms with van der Waals surface area (Å²) in [5, 5.41) is 17.3. The van der Waals surface area contributed by atoms with Crippen LogP contribution in [0.4, 0.5) is 0 Å². The van der Waals surface area contributed by atoms with E-state index in [0.717, 1.165) is 0 Å². The van der Waals surface area contributed by atoms with Crippen molar-refractivity contribution in [3.05, 3.63) is 36.6 Å². The maximum Gasteiger partial charge on any atom is 0.120 e. The zero-order chi connectivity index (χ0) is 9.28. The van der Waals surface area contributed by atoms with E-state index < -0.39 is 0 Å². The fraction of sp³-hybridized carbons (Fsp3) is 0.333. The second-order valence-electron chi connectivity index (χ2n) is 1.48. The highest BCUT2D eigenvalue weighted by molar-refractivity contribution is 5.25. The van der Waals surface area contributed by atoms with Gasteiger partial charge in [0.2, 0.25) is 0 Å². The Morgan fingerprint density at radius 1 is 1.27 bits per heavy atom. The SMILES string of the molecule is C=C/C(O)=C(\C=C)CO.CC. The maximum absolute atomic E-state index is 8.85. The first kappa shape index (κ1) is 12.6. The molecule has 0 aliphatic heterocycles. The average Bonchev–Trinajstić information content (AvgIpc) is 2.10. The van der Waals surface area contributed by atoms with Crippen molar-refractivity contribution in [1.29, 1.82) is 0 Å². The highest BCUT2D eigenvalue weighted by Crippen LogP contribution is 2.01. The Balaban J connectivity index is 0. The zero-order valence-electron chi connectivity index (χ0n) is 7.17. The van der Waals surface area contributed by atoms with Crippen molar-refractivity contribution in [1.82, 2.24) is 0 Å². The fourth-order valence-corrected chi connectivity index (χ4v) is 0.381. The summed E-state index contributed by atoms with van der Waals surface area (Å²) in [4.78, 5) is 0. The van der Waals surface area contributed by atoms with Crippen LogP contribution in [0.3, 0.4) is 0 Å². The molecule has 0 aromatic carbocycles. The number of aliphatic hydroxyl groups is 2. The topological polar surface area (TPSA) is 40.5 Å². The van der Waals surface area contributed by atoms with Crippen molar-refractivity contribution < 1.29 is 10.2 Å². The molecule has 0 rings (SSSR count). The van der Waals surface area contributed by atoms with Gasteiger partial charge in [0.25, 0.3) is 0 Å². The first-order valence-electron chi connectivity index (χ1n) is 3.54. The molecule has 0 aromatic heterocycles. The van der Waals surface area contributed by atoms with E-state index in [1.807, 2.05) is 13.8 Å². The third-order valence-corrected chi connectivity index (χ3v) is 0.939. The Hall–Kier alpha value is -1.02. The molecule has 0 saturated carbocycles. The molecular formula is C9H16O2. The van der Waals surface area contributed by atoms with Gasteiger partial charge in [-0.3, -0.25) is 0 Å². The quantitative estimate of drug-likeness (QED) is 0.485. The van der Waals surface area contributed by atoms with Gasteiger partial charge < -0.3 is 10.2 Å². The van der Waals surface area contributed by atoms with Crippen LogP contribution in [-0.4, -0.2) is 16.8 Å². The summed E-state index contributed by atoms with van der Waals surface area (Å²) < 4.78 is 0. The Bertz CT molecular complexity index is 146. The molecule has 0 unspecified atom stereocenters. The van der Waals surface area contributed by atoms with Gasteiger partial charge in [-0.1, -0.05) is 33.1 Å². The Morgan fingerprint density at radius 2 is 1.73 bits per heavy atom. The van der Waals surface area contributed by atoms with Gasteiger partial charge in [0, 0.05) is 5.57 Å². The summed E-state index contributed by atoms with van der Waals surface area (Å²) in [5.41, 5.74) is 0.394. The van der Waals surface area contributed by atoms with Crippen LogP contribution in [0, 0.1) is 0 Å². The summed E-state index contributed by atoms with van der Waals surface area (Å²) in [5.74, 6) is -0.0208. The smallest absolute Gasteiger partial charge is 0.120 e. The first-order chi connectivity index (χ1) is 5.26. The van der Waals surface area contributed by atoms with E-state index in [-0.39, 0.29) is 12.4 Å². The number of allylic oxidation sites excluding steroid dienone is 1. The van der Waals surface area contributed by atoms with Crippen molar-refractivity contribution in [2.45, 2.75) is 13.8 Å². The predicted molar refractivity (Wildman–Crippen MR) is 48.5 cm³/mol. The Morgan fingerprint density at radius 3 is 1.82 bits per heavy atom. The van der Waals surface area contributed by atoms with Crippen LogP contribution in [0.25, 0.3) is 0 Å². The van der Waals surface area contributed by atoms with E-state index in [4.69, 9.17) is 10.2 Å². The first-order valence-corrected chi connectivity index (χ1v) is 3.54. The molecule has 0 atom stereocenters. The molecular weight excluding hydrogens is 140 g/mol. The van der Waals surface area contributed by atoms with Gasteiger partial charge in [-0.25, -0.2) is 0 Å². The third kappa shape index (κ3) is 5.43. The number of rotatable bonds is 3. The fourth-order valence-electron chi connectivity index (χ4n) is 0.381. The molecule has 11 heavy (non-hydrogen) atoms. The molecule has 0 spiro atoms. The molecule has 0 fully saturated rings. The van der Waals surface area contributed by atoms with Gasteiger partial charge in [0.1, 0.15) is 5.76 Å². The van der Waals surface area contributed by atoms with E-state index in [0.29, 0.717) is 5.57 Å². The number of hydrogen-bond acceptors (Lipinski definition) is 2. The van der Waals surface area contributed by atoms with Crippen molar-refractivity contribution in [2.75, 3.05) is 6.61 Å². The van der Waals surface area contributed by atoms with Crippen LogP contribution in [-0.2, 0) is 0 Å². The lowest BCUT2D eigenvalue weighted by Gasteiger charge is -1.95. The van der Waals surface area contributed by atoms with Crippen LogP contribution in [0.1, 0.15) is 13.8 Å². The van der Waals surface area contributed by atoms with E-state index in [1.165, 1.54) is 12.2 Å². The lowest BCUT2D eigenvalue weighted by Crippen LogP contribution is -1.90. The zero-order valence-corrected chi connectivity index (χ0v) is 7.17. The minimum absolute atomic E-state index is 0.0208. The van der Waals surface area contributed by atoms with Crippen LogP contribution in [0.5, 0.6) is 0 Å². The van der Waals surface area contributed by atoms with E-state index in [1.54, 1.807) is 0 Å². The maximum atomic E-state index is 8.85. The minimum atomic E-state index is -0.207. The van der Waals surface area contributed by atoms with Gasteiger partial charge in [0.15, 0.2) is 0 Å². The average molecular weight is 156 g/mol. The molecule has 64 valence electrons. The largest absolute Gasteiger partial charge is 0.508 e. The molecule has 0 heterocycles. The summed E-state index contributed by atoms with van der Waals surface area (Å²) in [6.07, 6.45) is 2.64. The highest BCUT2D eigenvalue weighted by Gasteiger charge is 1.93. The van der Waals surface area contributed by atoms with Crippen molar-refractivity contribution in [3.63, 3.8) is 0 Å². The predicted octanol–water partition coefficient (Wildman–Crippen LogP) is 2.19. The summed E-state index contributed by atoms with van der Waals surface area (Å²) in [7, 11) is 0. The van der Waals surface area contributed by atoms with Gasteiger partial charge in [-0.15, -0.1) is 0 Å². The van der Waals surface area contributed by atoms with Crippen LogP contribution < -0.4 is 0 Å². The van der Waals surface area contributed by atoms with Crippen molar-refractivity contribution in [2.24, 2.45) is 0 Å². The lowest BCUT2D eigenvalue weighted by molar-refractivity contribution is 0.323. The molecule has 0 bridgehead atoms. The summed E-state index contributed by atoms with van der Waals surface area (Å²) >= 11 is 0. The summed E-state index contributed by atoms with van der Waals surface area (Å²) in [6, 6.07) is 0. The van der Waals surface area contributed by atoms with Crippen molar-refractivity contribution in [3.8, 4) is 0 Å². The summed E-state index contributed by atoms with van der Waals surface area (Å²) in [6.45, 7) is 10.5. The number of hydrogen-bond donors (Lipinski definition) is 2. The molecule has 0 aliphatic carbocycles. The van der Waals surface area contributed by atoms with Crippen LogP contribution >= 0.6 is 0 Å². The van der Waals surface area contributed by atoms with Crippen molar-refractivity contribution >= 4 is 0 Å². The monoisotopic (exact) mass is 156 g/mol. The number of aliphatic hydroxyl groups excluding tert-OH is 2. The van der Waals surface area contributed by atoms with Crippen LogP contribution in [0.2, 0.25) is 0 Å². The Kier molecular flexibility index (Phi) is 10.3. The molecule has 0 aliphatic rings. The normalized spacial score (nSPS) is 10.5.